The highest BCUT2D eigenvalue weighted by molar-refractivity contribution is 6.30. The molecule has 2 unspecified atom stereocenters. The molecule has 1 aromatic rings. The minimum Gasteiger partial charge on any atom is -0.354 e. The molecule has 0 heterocycles. The van der Waals surface area contributed by atoms with Crippen molar-refractivity contribution in [3.8, 4) is 0 Å². The fourth-order valence-electron chi connectivity index (χ4n) is 1.89. The predicted molar refractivity (Wildman–Crippen MR) is 88.8 cm³/mol. The van der Waals surface area contributed by atoms with Gasteiger partial charge in [-0.2, -0.15) is 0 Å². The summed E-state index contributed by atoms with van der Waals surface area (Å²) in [5, 5.41) is 6.13. The molecule has 0 bridgehead atoms. The van der Waals surface area contributed by atoms with Crippen molar-refractivity contribution < 1.29 is 9.59 Å². The van der Waals surface area contributed by atoms with Crippen LogP contribution in [0.4, 0.5) is 0 Å². The molecule has 0 aromatic heterocycles. The molecule has 1 rings (SSSR count). The van der Waals surface area contributed by atoms with E-state index in [1.54, 1.807) is 24.3 Å². The zero-order valence-electron chi connectivity index (χ0n) is 13.2. The Labute approximate surface area is 136 Å². The summed E-state index contributed by atoms with van der Waals surface area (Å²) in [7, 11) is 0. The highest BCUT2D eigenvalue weighted by Crippen LogP contribution is 2.10. The van der Waals surface area contributed by atoms with E-state index in [-0.39, 0.29) is 23.8 Å². The van der Waals surface area contributed by atoms with Gasteiger partial charge in [-0.05, 0) is 43.5 Å². The Kier molecular flexibility index (Phi) is 7.35. The number of carbonyl (C=O) groups is 2. The highest BCUT2D eigenvalue weighted by atomic mass is 35.5. The van der Waals surface area contributed by atoms with Gasteiger partial charge in [0.05, 0.1) is 0 Å². The van der Waals surface area contributed by atoms with E-state index in [2.05, 4.69) is 10.6 Å². The fourth-order valence-corrected chi connectivity index (χ4v) is 2.02. The van der Waals surface area contributed by atoms with Crippen LogP contribution in [0.3, 0.4) is 0 Å². The van der Waals surface area contributed by atoms with E-state index < -0.39 is 6.04 Å². The van der Waals surface area contributed by atoms with E-state index in [0.29, 0.717) is 23.6 Å². The van der Waals surface area contributed by atoms with Crippen molar-refractivity contribution in [1.82, 2.24) is 10.6 Å². The maximum Gasteiger partial charge on any atom is 0.251 e. The molecule has 0 saturated heterocycles. The van der Waals surface area contributed by atoms with E-state index in [1.807, 2.05) is 20.8 Å². The maximum absolute atomic E-state index is 12.2. The monoisotopic (exact) mass is 325 g/mol. The largest absolute Gasteiger partial charge is 0.354 e. The minimum atomic E-state index is -0.587. The van der Waals surface area contributed by atoms with E-state index >= 15 is 0 Å². The lowest BCUT2D eigenvalue weighted by atomic mass is 10.0. The SMILES string of the molecule is CC(N)CCNC(=O)C(NC(=O)c1ccc(Cl)cc1)C(C)C. The van der Waals surface area contributed by atoms with E-state index in [4.69, 9.17) is 17.3 Å². The van der Waals surface area contributed by atoms with Crippen LogP contribution in [0.1, 0.15) is 37.6 Å². The first-order chi connectivity index (χ1) is 10.3. The lowest BCUT2D eigenvalue weighted by Gasteiger charge is -2.22. The second kappa shape index (κ2) is 8.76. The zero-order chi connectivity index (χ0) is 16.7. The summed E-state index contributed by atoms with van der Waals surface area (Å²) in [5.41, 5.74) is 6.12. The molecule has 0 spiro atoms. The fraction of sp³-hybridized carbons (Fsp3) is 0.500. The second-order valence-electron chi connectivity index (χ2n) is 5.76. The number of amides is 2. The molecule has 0 fully saturated rings. The summed E-state index contributed by atoms with van der Waals surface area (Å²) in [4.78, 5) is 24.4. The van der Waals surface area contributed by atoms with E-state index in [1.165, 1.54) is 0 Å². The Bertz CT molecular complexity index is 501. The molecule has 2 atom stereocenters. The number of benzene rings is 1. The van der Waals surface area contributed by atoms with Crippen LogP contribution in [0.5, 0.6) is 0 Å². The van der Waals surface area contributed by atoms with E-state index in [0.717, 1.165) is 0 Å². The Morgan fingerprint density at radius 2 is 1.77 bits per heavy atom. The first-order valence-corrected chi connectivity index (χ1v) is 7.78. The smallest absolute Gasteiger partial charge is 0.251 e. The predicted octanol–water partition coefficient (Wildman–Crippen LogP) is 1.95. The molecule has 22 heavy (non-hydrogen) atoms. The maximum atomic E-state index is 12.2. The van der Waals surface area contributed by atoms with Crippen LogP contribution in [0.2, 0.25) is 5.02 Å². The van der Waals surface area contributed by atoms with Crippen molar-refractivity contribution in [1.29, 1.82) is 0 Å². The molecule has 5 nitrogen and oxygen atoms in total. The summed E-state index contributed by atoms with van der Waals surface area (Å²) in [6, 6.07) is 5.98. The number of hydrogen-bond acceptors (Lipinski definition) is 3. The Hall–Kier alpha value is -1.59. The number of nitrogens with one attached hydrogen (secondary N) is 2. The Morgan fingerprint density at radius 3 is 2.27 bits per heavy atom. The number of carbonyl (C=O) groups excluding carboxylic acids is 2. The molecular weight excluding hydrogens is 302 g/mol. The molecule has 0 aliphatic carbocycles. The standard InChI is InChI=1S/C16H24ClN3O2/c1-10(2)14(16(22)19-9-8-11(3)18)20-15(21)12-4-6-13(17)7-5-12/h4-7,10-11,14H,8-9,18H2,1-3H3,(H,19,22)(H,20,21). The van der Waals surface area contributed by atoms with Crippen molar-refractivity contribution >= 4 is 23.4 Å². The molecule has 0 aliphatic heterocycles. The number of rotatable bonds is 7. The summed E-state index contributed by atoms with van der Waals surface area (Å²) in [6.45, 7) is 6.15. The first kappa shape index (κ1) is 18.5. The second-order valence-corrected chi connectivity index (χ2v) is 6.20. The lowest BCUT2D eigenvalue weighted by molar-refractivity contribution is -0.123. The minimum absolute atomic E-state index is 0.0217. The third kappa shape index (κ3) is 6.03. The van der Waals surface area contributed by atoms with Crippen LogP contribution >= 0.6 is 11.6 Å². The highest BCUT2D eigenvalue weighted by Gasteiger charge is 2.24. The third-order valence-corrected chi connectivity index (χ3v) is 3.49. The molecule has 1 aromatic carbocycles. The molecule has 6 heteroatoms. The molecule has 4 N–H and O–H groups in total. The van der Waals surface area contributed by atoms with Gasteiger partial charge in [-0.15, -0.1) is 0 Å². The normalized spacial score (nSPS) is 13.5. The van der Waals surface area contributed by atoms with Gasteiger partial charge in [-0.1, -0.05) is 25.4 Å². The van der Waals surface area contributed by atoms with Crippen molar-refractivity contribution in [2.24, 2.45) is 11.7 Å². The van der Waals surface area contributed by atoms with Gasteiger partial charge in [0, 0.05) is 23.2 Å². The summed E-state index contributed by atoms with van der Waals surface area (Å²) in [5.74, 6) is -0.512. The van der Waals surface area contributed by atoms with Crippen LogP contribution in [-0.4, -0.2) is 30.4 Å². The topological polar surface area (TPSA) is 84.2 Å². The molecule has 2 amide bonds. The van der Waals surface area contributed by atoms with Gasteiger partial charge in [0.25, 0.3) is 5.91 Å². The van der Waals surface area contributed by atoms with Gasteiger partial charge in [-0.3, -0.25) is 9.59 Å². The van der Waals surface area contributed by atoms with Gasteiger partial charge < -0.3 is 16.4 Å². The van der Waals surface area contributed by atoms with Crippen molar-refractivity contribution in [2.75, 3.05) is 6.54 Å². The van der Waals surface area contributed by atoms with Crippen molar-refractivity contribution in [3.05, 3.63) is 34.9 Å². The molecule has 0 radical (unpaired) electrons. The molecule has 122 valence electrons. The molecular formula is C16H24ClN3O2. The summed E-state index contributed by atoms with van der Waals surface area (Å²) in [6.07, 6.45) is 0.696. The molecule has 0 aliphatic rings. The van der Waals surface area contributed by atoms with Crippen molar-refractivity contribution in [2.45, 2.75) is 39.3 Å². The van der Waals surface area contributed by atoms with Crippen LogP contribution in [0.15, 0.2) is 24.3 Å². The average molecular weight is 326 g/mol. The first-order valence-electron chi connectivity index (χ1n) is 7.41. The molecule has 0 saturated carbocycles. The van der Waals surface area contributed by atoms with Gasteiger partial charge in [0.15, 0.2) is 0 Å². The van der Waals surface area contributed by atoms with E-state index in [9.17, 15) is 9.59 Å². The lowest BCUT2D eigenvalue weighted by Crippen LogP contribution is -2.50. The van der Waals surface area contributed by atoms with Crippen LogP contribution in [-0.2, 0) is 4.79 Å². The van der Waals surface area contributed by atoms with Gasteiger partial charge in [0.1, 0.15) is 6.04 Å². The number of nitrogens with two attached hydrogens (primary N) is 1. The quantitative estimate of drug-likeness (QED) is 0.716. The van der Waals surface area contributed by atoms with Gasteiger partial charge in [-0.25, -0.2) is 0 Å². The Morgan fingerprint density at radius 1 is 1.18 bits per heavy atom. The van der Waals surface area contributed by atoms with Crippen LogP contribution in [0.25, 0.3) is 0 Å². The van der Waals surface area contributed by atoms with Gasteiger partial charge >= 0.3 is 0 Å². The average Bonchev–Trinajstić information content (AvgIpc) is 2.44. The number of hydrogen-bond donors (Lipinski definition) is 3. The van der Waals surface area contributed by atoms with Gasteiger partial charge in [0.2, 0.25) is 5.91 Å². The van der Waals surface area contributed by atoms with Crippen LogP contribution < -0.4 is 16.4 Å². The van der Waals surface area contributed by atoms with Crippen LogP contribution in [0, 0.1) is 5.92 Å². The summed E-state index contributed by atoms with van der Waals surface area (Å²) >= 11 is 5.80. The van der Waals surface area contributed by atoms with Crippen molar-refractivity contribution in [3.63, 3.8) is 0 Å². The summed E-state index contributed by atoms with van der Waals surface area (Å²) < 4.78 is 0. The zero-order valence-corrected chi connectivity index (χ0v) is 14.0. The third-order valence-electron chi connectivity index (χ3n) is 3.24. The Balaban J connectivity index is 2.65. The number of halogens is 1.